The van der Waals surface area contributed by atoms with E-state index < -0.39 is 36.3 Å². The molecule has 2 N–H and O–H groups in total. The molecule has 1 aliphatic carbocycles. The molecule has 0 radical (unpaired) electrons. The van der Waals surface area contributed by atoms with Crippen LogP contribution < -0.4 is 5.32 Å². The topological polar surface area (TPSA) is 66.4 Å². The zero-order chi connectivity index (χ0) is 14.6. The van der Waals surface area contributed by atoms with Crippen molar-refractivity contribution in [2.75, 3.05) is 6.54 Å². The Morgan fingerprint density at radius 1 is 1.26 bits per heavy atom. The van der Waals surface area contributed by atoms with Crippen LogP contribution in [0.5, 0.6) is 0 Å². The van der Waals surface area contributed by atoms with E-state index in [2.05, 4.69) is 5.32 Å². The van der Waals surface area contributed by atoms with Crippen LogP contribution in [-0.2, 0) is 9.59 Å². The summed E-state index contributed by atoms with van der Waals surface area (Å²) in [4.78, 5) is 22.8. The number of nitrogens with one attached hydrogen (secondary N) is 1. The molecule has 3 unspecified atom stereocenters. The van der Waals surface area contributed by atoms with Crippen molar-refractivity contribution >= 4 is 11.9 Å². The highest BCUT2D eigenvalue weighted by Gasteiger charge is 2.41. The molecule has 110 valence electrons. The summed E-state index contributed by atoms with van der Waals surface area (Å²) in [6, 6.07) is 0. The van der Waals surface area contributed by atoms with Gasteiger partial charge in [0.2, 0.25) is 5.91 Å². The molecule has 1 saturated carbocycles. The van der Waals surface area contributed by atoms with Gasteiger partial charge in [0.05, 0.1) is 11.8 Å². The molecule has 0 heterocycles. The van der Waals surface area contributed by atoms with Gasteiger partial charge in [0.25, 0.3) is 0 Å². The van der Waals surface area contributed by atoms with Crippen LogP contribution in [0, 0.1) is 17.8 Å². The number of hydrogen-bond donors (Lipinski definition) is 2. The highest BCUT2D eigenvalue weighted by molar-refractivity contribution is 5.85. The summed E-state index contributed by atoms with van der Waals surface area (Å²) in [6.07, 6.45) is -4.44. The third-order valence-electron chi connectivity index (χ3n) is 3.39. The van der Waals surface area contributed by atoms with E-state index in [0.29, 0.717) is 12.8 Å². The van der Waals surface area contributed by atoms with E-state index in [1.54, 1.807) is 0 Å². The van der Waals surface area contributed by atoms with Gasteiger partial charge < -0.3 is 10.4 Å². The molecule has 1 rings (SSSR count). The van der Waals surface area contributed by atoms with Crippen LogP contribution in [0.3, 0.4) is 0 Å². The lowest BCUT2D eigenvalue weighted by Gasteiger charge is -2.15. The van der Waals surface area contributed by atoms with Crippen LogP contribution in [-0.4, -0.2) is 29.7 Å². The lowest BCUT2D eigenvalue weighted by Crippen LogP contribution is -2.36. The molecule has 0 aromatic carbocycles. The highest BCUT2D eigenvalue weighted by atomic mass is 19.4. The lowest BCUT2D eigenvalue weighted by molar-refractivity contribution is -0.146. The maximum absolute atomic E-state index is 11.9. The van der Waals surface area contributed by atoms with Crippen molar-refractivity contribution in [3.63, 3.8) is 0 Å². The number of amides is 1. The minimum atomic E-state index is -4.23. The molecule has 19 heavy (non-hydrogen) atoms. The Balaban J connectivity index is 2.38. The fraction of sp³-hybridized carbons (Fsp3) is 0.833. The van der Waals surface area contributed by atoms with Crippen molar-refractivity contribution in [1.29, 1.82) is 0 Å². The normalized spacial score (nSPS) is 27.3. The van der Waals surface area contributed by atoms with E-state index >= 15 is 0 Å². The monoisotopic (exact) mass is 281 g/mol. The quantitative estimate of drug-likeness (QED) is 0.759. The van der Waals surface area contributed by atoms with Crippen LogP contribution >= 0.6 is 0 Å². The van der Waals surface area contributed by atoms with E-state index in [-0.39, 0.29) is 18.9 Å². The number of carboxylic acids is 1. The van der Waals surface area contributed by atoms with Gasteiger partial charge in [0.1, 0.15) is 0 Å². The van der Waals surface area contributed by atoms with E-state index in [1.165, 1.54) is 0 Å². The number of halogens is 3. The zero-order valence-corrected chi connectivity index (χ0v) is 10.7. The second kappa shape index (κ2) is 6.25. The Labute approximate surface area is 109 Å². The van der Waals surface area contributed by atoms with Gasteiger partial charge in [0.15, 0.2) is 0 Å². The number of aliphatic carboxylic acids is 1. The maximum atomic E-state index is 11.9. The first-order chi connectivity index (χ1) is 8.70. The van der Waals surface area contributed by atoms with Crippen molar-refractivity contribution in [2.24, 2.45) is 17.8 Å². The van der Waals surface area contributed by atoms with Gasteiger partial charge in [0, 0.05) is 13.0 Å². The Kier molecular flexibility index (Phi) is 5.20. The van der Waals surface area contributed by atoms with Crippen LogP contribution in [0.1, 0.15) is 32.6 Å². The number of alkyl halides is 3. The molecule has 0 bridgehead atoms. The summed E-state index contributed by atoms with van der Waals surface area (Å²) in [5.74, 6) is -2.67. The smallest absolute Gasteiger partial charge is 0.389 e. The third kappa shape index (κ3) is 5.08. The van der Waals surface area contributed by atoms with Crippen molar-refractivity contribution in [3.8, 4) is 0 Å². The molecular weight excluding hydrogens is 263 g/mol. The van der Waals surface area contributed by atoms with Gasteiger partial charge in [-0.15, -0.1) is 0 Å². The molecule has 7 heteroatoms. The summed E-state index contributed by atoms with van der Waals surface area (Å²) >= 11 is 0. The Morgan fingerprint density at radius 3 is 2.37 bits per heavy atom. The van der Waals surface area contributed by atoms with Crippen molar-refractivity contribution in [2.45, 2.75) is 38.8 Å². The van der Waals surface area contributed by atoms with Crippen LogP contribution in [0.2, 0.25) is 0 Å². The fourth-order valence-corrected chi connectivity index (χ4v) is 2.49. The van der Waals surface area contributed by atoms with E-state index in [0.717, 1.165) is 0 Å². The average molecular weight is 281 g/mol. The summed E-state index contributed by atoms with van der Waals surface area (Å²) in [5, 5.41) is 11.4. The molecule has 1 amide bonds. The molecule has 0 aromatic rings. The average Bonchev–Trinajstić information content (AvgIpc) is 2.65. The molecule has 0 aromatic heterocycles. The predicted molar refractivity (Wildman–Crippen MR) is 61.3 cm³/mol. The molecule has 1 aliphatic rings. The van der Waals surface area contributed by atoms with Crippen molar-refractivity contribution in [1.82, 2.24) is 5.32 Å². The Hall–Kier alpha value is -1.27. The standard InChI is InChI=1S/C12H18F3NO3/c1-7-5-8(9(6-7)11(18)19)10(17)16-4-2-3-12(13,14)15/h7-9H,2-6H2,1H3,(H,16,17)(H,18,19). The first-order valence-corrected chi connectivity index (χ1v) is 6.28. The highest BCUT2D eigenvalue weighted by Crippen LogP contribution is 2.36. The molecule has 0 spiro atoms. The largest absolute Gasteiger partial charge is 0.481 e. The molecule has 3 atom stereocenters. The SMILES string of the molecule is CC1CC(C(=O)O)C(C(=O)NCCCC(F)(F)F)C1. The third-order valence-corrected chi connectivity index (χ3v) is 3.39. The van der Waals surface area contributed by atoms with E-state index in [4.69, 9.17) is 5.11 Å². The molecule has 0 saturated heterocycles. The molecule has 4 nitrogen and oxygen atoms in total. The number of carbonyl (C=O) groups is 2. The second-order valence-electron chi connectivity index (χ2n) is 5.14. The predicted octanol–water partition coefficient (Wildman–Crippen LogP) is 2.19. The second-order valence-corrected chi connectivity index (χ2v) is 5.14. The first-order valence-electron chi connectivity index (χ1n) is 6.28. The van der Waals surface area contributed by atoms with E-state index in [1.807, 2.05) is 6.92 Å². The molecular formula is C12H18F3NO3. The van der Waals surface area contributed by atoms with Crippen LogP contribution in [0.25, 0.3) is 0 Å². The number of hydrogen-bond acceptors (Lipinski definition) is 2. The summed E-state index contributed by atoms with van der Waals surface area (Å²) < 4.78 is 35.7. The van der Waals surface area contributed by atoms with Crippen molar-refractivity contribution < 1.29 is 27.9 Å². The lowest BCUT2D eigenvalue weighted by atomic mass is 9.95. The van der Waals surface area contributed by atoms with Gasteiger partial charge in [-0.2, -0.15) is 13.2 Å². The Bertz CT molecular complexity index is 344. The van der Waals surface area contributed by atoms with Gasteiger partial charge in [-0.25, -0.2) is 0 Å². The summed E-state index contributed by atoms with van der Waals surface area (Å²) in [5.41, 5.74) is 0. The van der Waals surface area contributed by atoms with Crippen LogP contribution in [0.15, 0.2) is 0 Å². The molecule has 1 fully saturated rings. The number of carboxylic acid groups (broad SMARTS) is 1. The molecule has 0 aliphatic heterocycles. The maximum Gasteiger partial charge on any atom is 0.389 e. The Morgan fingerprint density at radius 2 is 1.84 bits per heavy atom. The van der Waals surface area contributed by atoms with Gasteiger partial charge in [-0.1, -0.05) is 6.92 Å². The number of rotatable bonds is 5. The number of carbonyl (C=O) groups excluding carboxylic acids is 1. The fourth-order valence-electron chi connectivity index (χ4n) is 2.49. The summed E-state index contributed by atoms with van der Waals surface area (Å²) in [6.45, 7) is 1.79. The van der Waals surface area contributed by atoms with E-state index in [9.17, 15) is 22.8 Å². The summed E-state index contributed by atoms with van der Waals surface area (Å²) in [7, 11) is 0. The first kappa shape index (κ1) is 15.8. The minimum absolute atomic E-state index is 0.0738. The van der Waals surface area contributed by atoms with Gasteiger partial charge in [-0.05, 0) is 25.2 Å². The van der Waals surface area contributed by atoms with Gasteiger partial charge >= 0.3 is 12.1 Å². The van der Waals surface area contributed by atoms with Gasteiger partial charge in [-0.3, -0.25) is 9.59 Å². The van der Waals surface area contributed by atoms with Crippen LogP contribution in [0.4, 0.5) is 13.2 Å². The van der Waals surface area contributed by atoms with Crippen molar-refractivity contribution in [3.05, 3.63) is 0 Å². The minimum Gasteiger partial charge on any atom is -0.481 e. The zero-order valence-electron chi connectivity index (χ0n) is 10.7.